The first kappa shape index (κ1) is 22.6. The van der Waals surface area contributed by atoms with Crippen molar-refractivity contribution in [2.75, 3.05) is 11.6 Å². The highest BCUT2D eigenvalue weighted by atomic mass is 35.5. The third-order valence-corrected chi connectivity index (χ3v) is 4.80. The Hall–Kier alpha value is -3.07. The number of nitrogens with zero attached hydrogens (tertiary/aromatic N) is 1. The Morgan fingerprint density at radius 1 is 0.839 bits per heavy atom. The van der Waals surface area contributed by atoms with E-state index in [2.05, 4.69) is 10.5 Å². The minimum atomic E-state index is -3.65. The van der Waals surface area contributed by atoms with Gasteiger partial charge in [-0.3, -0.25) is 10.2 Å². The summed E-state index contributed by atoms with van der Waals surface area (Å²) in [5, 5.41) is 7.59. The van der Waals surface area contributed by atoms with Crippen molar-refractivity contribution in [2.45, 2.75) is 0 Å². The molecule has 0 aromatic heterocycles. The molecule has 3 rings (SSSR count). The standard InChI is InChI=1S/C21H16Cl2N2O5S/c1-31(27,28)30-19-12-4-15(5-13-19)20(14-2-6-16(22)7-3-14)25-29-21(26)24-18-10-8-17(23)9-11-18/h2-13H,1H3,(H,24,26)/b25-20+. The van der Waals surface area contributed by atoms with Crippen LogP contribution in [0.1, 0.15) is 11.1 Å². The van der Waals surface area contributed by atoms with Crippen LogP contribution >= 0.6 is 23.2 Å². The molecule has 0 unspecified atom stereocenters. The summed E-state index contributed by atoms with van der Waals surface area (Å²) >= 11 is 11.8. The maximum atomic E-state index is 12.1. The van der Waals surface area contributed by atoms with Crippen molar-refractivity contribution in [1.82, 2.24) is 0 Å². The van der Waals surface area contributed by atoms with E-state index in [-0.39, 0.29) is 5.75 Å². The smallest absolute Gasteiger partial charge is 0.383 e. The van der Waals surface area contributed by atoms with Gasteiger partial charge in [0.1, 0.15) is 11.5 Å². The Balaban J connectivity index is 1.85. The molecule has 0 heterocycles. The molecule has 0 radical (unpaired) electrons. The lowest BCUT2D eigenvalue weighted by atomic mass is 10.0. The zero-order valence-electron chi connectivity index (χ0n) is 16.1. The van der Waals surface area contributed by atoms with Crippen LogP contribution in [0.25, 0.3) is 0 Å². The number of nitrogens with one attached hydrogen (secondary N) is 1. The van der Waals surface area contributed by atoms with Crippen LogP contribution < -0.4 is 9.50 Å². The number of hydrogen-bond acceptors (Lipinski definition) is 6. The van der Waals surface area contributed by atoms with Gasteiger partial charge < -0.3 is 4.18 Å². The lowest BCUT2D eigenvalue weighted by molar-refractivity contribution is 0.166. The van der Waals surface area contributed by atoms with E-state index in [0.717, 1.165) is 6.26 Å². The van der Waals surface area contributed by atoms with Gasteiger partial charge in [-0.05, 0) is 60.7 Å². The van der Waals surface area contributed by atoms with Crippen molar-refractivity contribution >= 4 is 50.8 Å². The van der Waals surface area contributed by atoms with E-state index in [4.69, 9.17) is 32.2 Å². The molecule has 0 atom stereocenters. The summed E-state index contributed by atoms with van der Waals surface area (Å²) < 4.78 is 27.4. The molecule has 0 aliphatic rings. The Bertz CT molecular complexity index is 1190. The first-order valence-electron chi connectivity index (χ1n) is 8.77. The number of amides is 1. The van der Waals surface area contributed by atoms with Gasteiger partial charge in [0.2, 0.25) is 0 Å². The molecule has 160 valence electrons. The number of hydrogen-bond donors (Lipinski definition) is 1. The molecule has 0 aliphatic heterocycles. The Morgan fingerprint density at radius 3 is 1.84 bits per heavy atom. The van der Waals surface area contributed by atoms with Crippen LogP contribution in [-0.2, 0) is 15.0 Å². The fourth-order valence-corrected chi connectivity index (χ4v) is 3.20. The lowest BCUT2D eigenvalue weighted by Crippen LogP contribution is -2.13. The highest BCUT2D eigenvalue weighted by Gasteiger charge is 2.12. The highest BCUT2D eigenvalue weighted by molar-refractivity contribution is 7.86. The second-order valence-electron chi connectivity index (χ2n) is 6.27. The van der Waals surface area contributed by atoms with Crippen LogP contribution in [0, 0.1) is 0 Å². The number of halogens is 2. The van der Waals surface area contributed by atoms with Gasteiger partial charge in [-0.15, -0.1) is 0 Å². The van der Waals surface area contributed by atoms with Crippen molar-refractivity contribution in [3.05, 3.63) is 94.0 Å². The van der Waals surface area contributed by atoms with Crippen LogP contribution in [0.5, 0.6) is 5.75 Å². The Kier molecular flexibility index (Phi) is 7.17. The minimum absolute atomic E-state index is 0.142. The predicted molar refractivity (Wildman–Crippen MR) is 121 cm³/mol. The number of benzene rings is 3. The molecule has 3 aromatic carbocycles. The molecule has 1 amide bonds. The average Bonchev–Trinajstić information content (AvgIpc) is 2.71. The predicted octanol–water partition coefficient (Wildman–Crippen LogP) is 5.33. The van der Waals surface area contributed by atoms with Crippen molar-refractivity contribution in [3.63, 3.8) is 0 Å². The largest absolute Gasteiger partial charge is 0.437 e. The summed E-state index contributed by atoms with van der Waals surface area (Å²) in [5.41, 5.74) is 2.00. The van der Waals surface area contributed by atoms with E-state index in [1.165, 1.54) is 12.1 Å². The molecular formula is C21H16Cl2N2O5S. The molecule has 0 bridgehead atoms. The summed E-state index contributed by atoms with van der Waals surface area (Å²) in [7, 11) is -3.65. The summed E-state index contributed by atoms with van der Waals surface area (Å²) in [5.74, 6) is 0.142. The number of oxime groups is 1. The fourth-order valence-electron chi connectivity index (χ4n) is 2.48. The molecule has 31 heavy (non-hydrogen) atoms. The van der Waals surface area contributed by atoms with Gasteiger partial charge in [0, 0.05) is 26.9 Å². The van der Waals surface area contributed by atoms with E-state index in [0.29, 0.717) is 32.6 Å². The Labute approximate surface area is 189 Å². The third kappa shape index (κ3) is 6.99. The summed E-state index contributed by atoms with van der Waals surface area (Å²) in [6.07, 6.45) is 0.153. The zero-order valence-corrected chi connectivity index (χ0v) is 18.4. The van der Waals surface area contributed by atoms with Crippen LogP contribution in [0.3, 0.4) is 0 Å². The third-order valence-electron chi connectivity index (χ3n) is 3.80. The quantitative estimate of drug-likeness (QED) is 0.223. The molecule has 0 aliphatic carbocycles. The number of rotatable bonds is 6. The zero-order chi connectivity index (χ0) is 22.4. The number of carbonyl (C=O) groups excluding carboxylic acids is 1. The van der Waals surface area contributed by atoms with Crippen LogP contribution in [0.4, 0.5) is 10.5 Å². The topological polar surface area (TPSA) is 94.1 Å². The van der Waals surface area contributed by atoms with E-state index >= 15 is 0 Å². The maximum absolute atomic E-state index is 12.1. The SMILES string of the molecule is CS(=O)(=O)Oc1ccc(/C(=N/OC(=O)Nc2ccc(Cl)cc2)c2ccc(Cl)cc2)cc1. The molecule has 10 heteroatoms. The van der Waals surface area contributed by atoms with Crippen LogP contribution in [-0.4, -0.2) is 26.5 Å². The van der Waals surface area contributed by atoms with E-state index in [9.17, 15) is 13.2 Å². The number of anilines is 1. The monoisotopic (exact) mass is 478 g/mol. The molecule has 0 saturated heterocycles. The molecule has 3 aromatic rings. The van der Waals surface area contributed by atoms with Gasteiger partial charge in [-0.2, -0.15) is 8.42 Å². The number of carbonyl (C=O) groups is 1. The van der Waals surface area contributed by atoms with E-state index < -0.39 is 16.2 Å². The van der Waals surface area contributed by atoms with Gasteiger partial charge in [0.05, 0.1) is 6.26 Å². The molecule has 0 spiro atoms. The molecule has 0 saturated carbocycles. The van der Waals surface area contributed by atoms with Gasteiger partial charge in [-0.25, -0.2) is 4.79 Å². The first-order valence-corrected chi connectivity index (χ1v) is 11.3. The van der Waals surface area contributed by atoms with Crippen molar-refractivity contribution in [2.24, 2.45) is 5.16 Å². The second kappa shape index (κ2) is 9.82. The van der Waals surface area contributed by atoms with Crippen LogP contribution in [0.15, 0.2) is 78.0 Å². The molecule has 7 nitrogen and oxygen atoms in total. The van der Waals surface area contributed by atoms with E-state index in [1.54, 1.807) is 60.7 Å². The highest BCUT2D eigenvalue weighted by Crippen LogP contribution is 2.19. The lowest BCUT2D eigenvalue weighted by Gasteiger charge is -2.09. The van der Waals surface area contributed by atoms with Gasteiger partial charge >= 0.3 is 16.2 Å². The molecule has 1 N–H and O–H groups in total. The molecule has 0 fully saturated rings. The summed E-state index contributed by atoms with van der Waals surface area (Å²) in [4.78, 5) is 17.2. The molecular weight excluding hydrogens is 463 g/mol. The van der Waals surface area contributed by atoms with Crippen molar-refractivity contribution < 1.29 is 22.2 Å². The van der Waals surface area contributed by atoms with Crippen LogP contribution in [0.2, 0.25) is 10.0 Å². The maximum Gasteiger partial charge on any atom is 0.437 e. The fraction of sp³-hybridized carbons (Fsp3) is 0.0476. The Morgan fingerprint density at radius 2 is 1.32 bits per heavy atom. The van der Waals surface area contributed by atoms with Gasteiger partial charge in [-0.1, -0.05) is 40.5 Å². The average molecular weight is 479 g/mol. The minimum Gasteiger partial charge on any atom is -0.383 e. The first-order chi connectivity index (χ1) is 14.7. The second-order valence-corrected chi connectivity index (χ2v) is 8.72. The van der Waals surface area contributed by atoms with E-state index in [1.807, 2.05) is 0 Å². The van der Waals surface area contributed by atoms with Gasteiger partial charge in [0.15, 0.2) is 0 Å². The van der Waals surface area contributed by atoms with Crippen molar-refractivity contribution in [3.8, 4) is 5.75 Å². The van der Waals surface area contributed by atoms with Gasteiger partial charge in [0.25, 0.3) is 0 Å². The summed E-state index contributed by atoms with van der Waals surface area (Å²) in [6, 6.07) is 19.4. The summed E-state index contributed by atoms with van der Waals surface area (Å²) in [6.45, 7) is 0. The van der Waals surface area contributed by atoms with Crippen molar-refractivity contribution in [1.29, 1.82) is 0 Å². The normalized spacial score (nSPS) is 11.6.